The lowest BCUT2D eigenvalue weighted by molar-refractivity contribution is -0.149. The zero-order valence-corrected chi connectivity index (χ0v) is 18.8. The van der Waals surface area contributed by atoms with E-state index in [1.54, 1.807) is 12.0 Å². The molecule has 2 aromatic carbocycles. The highest BCUT2D eigenvalue weighted by Gasteiger charge is 2.34. The molecule has 3 rings (SSSR count). The van der Waals surface area contributed by atoms with Gasteiger partial charge in [0.2, 0.25) is 0 Å². The van der Waals surface area contributed by atoms with Gasteiger partial charge in [0, 0.05) is 18.2 Å². The number of nitrogens with zero attached hydrogens (tertiary/aromatic N) is 1. The largest absolute Gasteiger partial charge is 0.489 e. The Morgan fingerprint density at radius 1 is 1.09 bits per heavy atom. The van der Waals surface area contributed by atoms with E-state index in [9.17, 15) is 9.59 Å². The smallest absolute Gasteiger partial charge is 0.328 e. The monoisotopic (exact) mass is 433 g/mol. The molecule has 32 heavy (non-hydrogen) atoms. The van der Waals surface area contributed by atoms with Gasteiger partial charge in [-0.15, -0.1) is 0 Å². The molecular weight excluding hydrogens is 402 g/mol. The Labute approximate surface area is 190 Å². The Balaban J connectivity index is 1.49. The van der Waals surface area contributed by atoms with Gasteiger partial charge in [-0.1, -0.05) is 55.0 Å². The zero-order chi connectivity index (χ0) is 22.8. The first-order valence-electron chi connectivity index (χ1n) is 11.2. The average molecular weight is 434 g/mol. The van der Waals surface area contributed by atoms with Crippen LogP contribution in [0.5, 0.6) is 5.75 Å². The summed E-state index contributed by atoms with van der Waals surface area (Å²) in [5, 5.41) is 0. The predicted molar refractivity (Wildman–Crippen MR) is 126 cm³/mol. The average Bonchev–Trinajstić information content (AvgIpc) is 2.81. The van der Waals surface area contributed by atoms with Crippen molar-refractivity contribution in [3.8, 4) is 5.75 Å². The lowest BCUT2D eigenvalue weighted by Gasteiger charge is -2.41. The van der Waals surface area contributed by atoms with E-state index in [0.29, 0.717) is 6.61 Å². The highest BCUT2D eigenvalue weighted by Crippen LogP contribution is 2.25. The second-order valence-electron chi connectivity index (χ2n) is 8.18. The molecule has 0 aromatic heterocycles. The maximum atomic E-state index is 12.6. The van der Waals surface area contributed by atoms with Crippen molar-refractivity contribution in [1.82, 2.24) is 4.90 Å². The van der Waals surface area contributed by atoms with Crippen molar-refractivity contribution in [3.63, 3.8) is 0 Å². The Kier molecular flexibility index (Phi) is 8.85. The first-order chi connectivity index (χ1) is 15.6. The van der Waals surface area contributed by atoms with E-state index in [1.165, 1.54) is 6.08 Å². The molecule has 0 bridgehead atoms. The number of likely N-dealkylation sites (tertiary alicyclic amines) is 1. The molecule has 3 unspecified atom stereocenters. The number of carbonyl (C=O) groups excluding carboxylic acids is 2. The number of benzene rings is 2. The van der Waals surface area contributed by atoms with Crippen LogP contribution in [0.4, 0.5) is 0 Å². The second-order valence-corrected chi connectivity index (χ2v) is 8.18. The molecule has 1 saturated heterocycles. The van der Waals surface area contributed by atoms with Crippen molar-refractivity contribution in [2.45, 2.75) is 57.8 Å². The van der Waals surface area contributed by atoms with E-state index >= 15 is 0 Å². The molecule has 0 amide bonds. The van der Waals surface area contributed by atoms with E-state index in [-0.39, 0.29) is 18.7 Å². The third-order valence-corrected chi connectivity index (χ3v) is 5.81. The Morgan fingerprint density at radius 2 is 1.78 bits per heavy atom. The van der Waals surface area contributed by atoms with Gasteiger partial charge in [-0.25, -0.2) is 9.59 Å². The van der Waals surface area contributed by atoms with E-state index in [4.69, 9.17) is 9.47 Å². The summed E-state index contributed by atoms with van der Waals surface area (Å²) in [5.74, 6) is 2.17. The molecule has 5 nitrogen and oxygen atoms in total. The SMILES string of the molecule is CC1CCCC(C)N1C(C=C=O)C(=O)OC/C=C/c1ccc(OCc2ccccc2)cc1. The first-order valence-corrected chi connectivity index (χ1v) is 11.2. The molecule has 0 N–H and O–H groups in total. The number of esters is 1. The lowest BCUT2D eigenvalue weighted by Crippen LogP contribution is -2.52. The summed E-state index contributed by atoms with van der Waals surface area (Å²) in [5.41, 5.74) is 2.10. The van der Waals surface area contributed by atoms with Gasteiger partial charge in [0.15, 0.2) is 0 Å². The molecule has 0 saturated carbocycles. The van der Waals surface area contributed by atoms with Crippen LogP contribution < -0.4 is 4.74 Å². The molecule has 5 heteroatoms. The summed E-state index contributed by atoms with van der Waals surface area (Å²) < 4.78 is 11.2. The molecule has 3 atom stereocenters. The molecule has 1 aliphatic rings. The van der Waals surface area contributed by atoms with Gasteiger partial charge < -0.3 is 9.47 Å². The van der Waals surface area contributed by atoms with Gasteiger partial charge in [0.1, 0.15) is 30.9 Å². The number of ether oxygens (including phenoxy) is 2. The molecule has 0 aliphatic carbocycles. The second kappa shape index (κ2) is 12.0. The minimum Gasteiger partial charge on any atom is -0.489 e. The van der Waals surface area contributed by atoms with Crippen molar-refractivity contribution in [1.29, 1.82) is 0 Å². The topological polar surface area (TPSA) is 55.8 Å². The van der Waals surface area contributed by atoms with Gasteiger partial charge in [0.05, 0.1) is 0 Å². The molecular formula is C27H31NO4. The van der Waals surface area contributed by atoms with Crippen LogP contribution >= 0.6 is 0 Å². The summed E-state index contributed by atoms with van der Waals surface area (Å²) in [7, 11) is 0. The normalized spacial score (nSPS) is 19.8. The van der Waals surface area contributed by atoms with E-state index in [0.717, 1.165) is 36.1 Å². The Hall–Kier alpha value is -3.14. The molecule has 0 radical (unpaired) electrons. The summed E-state index contributed by atoms with van der Waals surface area (Å²) in [6.07, 6.45) is 8.10. The summed E-state index contributed by atoms with van der Waals surface area (Å²) in [6, 6.07) is 17.5. The van der Waals surface area contributed by atoms with Gasteiger partial charge in [-0.2, -0.15) is 0 Å². The quantitative estimate of drug-likeness (QED) is 0.418. The maximum Gasteiger partial charge on any atom is 0.328 e. The van der Waals surface area contributed by atoms with Crippen LogP contribution in [0.3, 0.4) is 0 Å². The lowest BCUT2D eigenvalue weighted by atomic mass is 9.95. The highest BCUT2D eigenvalue weighted by molar-refractivity contribution is 5.80. The number of piperidine rings is 1. The van der Waals surface area contributed by atoms with Crippen molar-refractivity contribution in [2.24, 2.45) is 0 Å². The minimum absolute atomic E-state index is 0.144. The fourth-order valence-electron chi connectivity index (χ4n) is 4.15. The number of hydrogen-bond donors (Lipinski definition) is 0. The summed E-state index contributed by atoms with van der Waals surface area (Å²) in [4.78, 5) is 25.7. The van der Waals surface area contributed by atoms with Crippen LogP contribution in [0.25, 0.3) is 6.08 Å². The van der Waals surface area contributed by atoms with Crippen LogP contribution in [0.2, 0.25) is 0 Å². The van der Waals surface area contributed by atoms with E-state index in [1.807, 2.05) is 60.7 Å². The summed E-state index contributed by atoms with van der Waals surface area (Å²) >= 11 is 0. The standard InChI is InChI=1S/C27H31NO4/c1-21-8-6-9-22(2)28(21)26(17-18-29)27(30)31-19-7-12-23-13-15-25(16-14-23)32-20-24-10-4-3-5-11-24/h3-5,7,10-17,21-22,26H,6,8-9,19-20H2,1-2H3/b12-7+. The molecule has 1 fully saturated rings. The molecule has 0 spiro atoms. The van der Waals surface area contributed by atoms with Crippen LogP contribution in [-0.4, -0.2) is 41.5 Å². The van der Waals surface area contributed by atoms with Crippen molar-refractivity contribution >= 4 is 18.0 Å². The van der Waals surface area contributed by atoms with E-state index in [2.05, 4.69) is 18.7 Å². The van der Waals surface area contributed by atoms with Crippen molar-refractivity contribution in [3.05, 3.63) is 77.9 Å². The number of carbonyl (C=O) groups is 1. The predicted octanol–water partition coefficient (Wildman–Crippen LogP) is 4.84. The molecule has 168 valence electrons. The van der Waals surface area contributed by atoms with Crippen molar-refractivity contribution in [2.75, 3.05) is 6.61 Å². The van der Waals surface area contributed by atoms with Crippen LogP contribution in [0.1, 0.15) is 44.2 Å². The first kappa shape index (κ1) is 23.5. The van der Waals surface area contributed by atoms with Crippen LogP contribution in [-0.2, 0) is 20.9 Å². The number of hydrogen-bond acceptors (Lipinski definition) is 5. The van der Waals surface area contributed by atoms with E-state index < -0.39 is 12.0 Å². The fraction of sp³-hybridized carbons (Fsp3) is 0.370. The summed E-state index contributed by atoms with van der Waals surface area (Å²) in [6.45, 7) is 4.84. The van der Waals surface area contributed by atoms with Gasteiger partial charge in [-0.3, -0.25) is 4.90 Å². The van der Waals surface area contributed by atoms with Crippen LogP contribution in [0.15, 0.2) is 66.7 Å². The Morgan fingerprint density at radius 3 is 2.44 bits per heavy atom. The van der Waals surface area contributed by atoms with Gasteiger partial charge in [-0.05, 0) is 56.0 Å². The zero-order valence-electron chi connectivity index (χ0n) is 18.8. The minimum atomic E-state index is -0.688. The third-order valence-electron chi connectivity index (χ3n) is 5.81. The number of rotatable bonds is 9. The molecule has 2 aromatic rings. The van der Waals surface area contributed by atoms with Crippen molar-refractivity contribution < 1.29 is 19.1 Å². The third kappa shape index (κ3) is 6.68. The fourth-order valence-corrected chi connectivity index (χ4v) is 4.15. The van der Waals surface area contributed by atoms with Gasteiger partial charge in [0.25, 0.3) is 0 Å². The maximum absolute atomic E-state index is 12.6. The van der Waals surface area contributed by atoms with Crippen LogP contribution in [0, 0.1) is 0 Å². The Bertz CT molecular complexity index is 922. The highest BCUT2D eigenvalue weighted by atomic mass is 16.5. The molecule has 1 aliphatic heterocycles. The molecule has 1 heterocycles. The van der Waals surface area contributed by atoms with Gasteiger partial charge >= 0.3 is 5.97 Å².